The van der Waals surface area contributed by atoms with Crippen LogP contribution in [0.4, 0.5) is 8.78 Å². The van der Waals surface area contributed by atoms with Gasteiger partial charge in [0.15, 0.2) is 5.84 Å². The second kappa shape index (κ2) is 20.4. The molecule has 9 nitrogen and oxygen atoms in total. The van der Waals surface area contributed by atoms with E-state index in [4.69, 9.17) is 36.5 Å². The van der Waals surface area contributed by atoms with E-state index in [-0.39, 0.29) is 34.9 Å². The molecule has 2 aliphatic rings. The molecule has 2 unspecified atom stereocenters. The van der Waals surface area contributed by atoms with E-state index < -0.39 is 0 Å². The molecule has 7 rings (SSSR count). The predicted molar refractivity (Wildman–Crippen MR) is 201 cm³/mol. The molecule has 54 heavy (non-hydrogen) atoms. The number of hydrogen-bond donors (Lipinski definition) is 2. The normalized spacial score (nSPS) is 16.0. The Kier molecular flexibility index (Phi) is 14.9. The molecule has 0 spiro atoms. The zero-order valence-electron chi connectivity index (χ0n) is 29.2. The Bertz CT molecular complexity index is 2140. The molecule has 4 aromatic carbocycles. The molecule has 0 amide bonds. The summed E-state index contributed by atoms with van der Waals surface area (Å²) in [5.41, 5.74) is 9.78. The smallest absolute Gasteiger partial charge is 0.229 e. The van der Waals surface area contributed by atoms with Crippen molar-refractivity contribution >= 4 is 22.7 Å². The molecule has 12 heteroatoms. The molecule has 276 valence electrons. The number of nitrogens with two attached hydrogens (primary N) is 1. The lowest BCUT2D eigenvalue weighted by molar-refractivity contribution is -0.113. The average molecular weight is 751 g/mol. The maximum atomic E-state index is 13.2. The molecule has 1 aromatic heterocycles. The van der Waals surface area contributed by atoms with Crippen LogP contribution in [0, 0.1) is 35.3 Å². The third-order valence-corrected chi connectivity index (χ3v) is 8.24. The first-order valence-corrected chi connectivity index (χ1v) is 17.6. The first-order chi connectivity index (χ1) is 26.2. The van der Waals surface area contributed by atoms with Crippen LogP contribution >= 0.6 is 11.6 Å². The number of amidine groups is 1. The molecule has 2 atom stereocenters. The van der Waals surface area contributed by atoms with E-state index in [0.717, 1.165) is 55.6 Å². The third-order valence-electron chi connectivity index (χ3n) is 8.09. The van der Waals surface area contributed by atoms with Crippen molar-refractivity contribution in [2.24, 2.45) is 10.9 Å². The lowest BCUT2D eigenvalue weighted by Crippen LogP contribution is -2.12. The van der Waals surface area contributed by atoms with Crippen molar-refractivity contribution in [2.75, 3.05) is 13.2 Å². The van der Waals surface area contributed by atoms with Crippen LogP contribution in [0.25, 0.3) is 11.4 Å². The van der Waals surface area contributed by atoms with E-state index in [1.165, 1.54) is 24.3 Å². The highest BCUT2D eigenvalue weighted by molar-refractivity contribution is 6.63. The fourth-order valence-corrected chi connectivity index (χ4v) is 5.52. The van der Waals surface area contributed by atoms with Gasteiger partial charge in [-0.15, -0.1) is 0 Å². The lowest BCUT2D eigenvalue weighted by atomic mass is 10.1. The maximum absolute atomic E-state index is 13.2. The summed E-state index contributed by atoms with van der Waals surface area (Å²) in [6.45, 7) is 1.60. The number of nitrogens with zero attached hydrogens (tertiary/aromatic N) is 3. The Labute approximate surface area is 317 Å². The highest BCUT2D eigenvalue weighted by Gasteiger charge is 2.20. The van der Waals surface area contributed by atoms with Crippen LogP contribution in [0.5, 0.6) is 0 Å². The number of rotatable bonds is 6. The number of oxime groups is 1. The molecular formula is C42H37ClF2N4O5. The third kappa shape index (κ3) is 13.0. The Morgan fingerprint density at radius 2 is 1.33 bits per heavy atom. The van der Waals surface area contributed by atoms with Crippen molar-refractivity contribution in [3.05, 3.63) is 142 Å². The van der Waals surface area contributed by atoms with Gasteiger partial charge in [-0.2, -0.15) is 4.98 Å². The molecule has 3 heterocycles. The summed E-state index contributed by atoms with van der Waals surface area (Å²) >= 11 is 5.14. The SMILES string of the molecule is Fc1cccc(C#Cc2ccc(-c3noc(CC4CCCO4)n3)cc2)c1.N/C(=N\O)c1ccc(C#Cc2cccc(F)c2)cc1.O=C(Cl)CC1CCCO1. The second-order valence-corrected chi connectivity index (χ2v) is 12.6. The summed E-state index contributed by atoms with van der Waals surface area (Å²) in [4.78, 5) is 14.7. The number of carbonyl (C=O) groups excluding carboxylic acids is 1. The van der Waals surface area contributed by atoms with Gasteiger partial charge in [0, 0.05) is 53.0 Å². The Hall–Kier alpha value is -5.85. The molecule has 2 saturated heterocycles. The van der Waals surface area contributed by atoms with Crippen LogP contribution in [0.1, 0.15) is 65.8 Å². The largest absolute Gasteiger partial charge is 0.409 e. The van der Waals surface area contributed by atoms with Crippen LogP contribution in [0.3, 0.4) is 0 Å². The molecule has 2 fully saturated rings. The molecule has 5 aromatic rings. The topological polar surface area (TPSA) is 133 Å². The quantitative estimate of drug-likeness (QED) is 0.0452. The van der Waals surface area contributed by atoms with Crippen LogP contribution < -0.4 is 5.73 Å². The van der Waals surface area contributed by atoms with Crippen molar-refractivity contribution in [3.8, 4) is 35.1 Å². The molecule has 0 saturated carbocycles. The number of aromatic nitrogens is 2. The average Bonchev–Trinajstić information content (AvgIpc) is 3.99. The van der Waals surface area contributed by atoms with Crippen molar-refractivity contribution in [2.45, 2.75) is 50.7 Å². The summed E-state index contributed by atoms with van der Waals surface area (Å²) in [6.07, 6.45) is 5.50. The fourth-order valence-electron chi connectivity index (χ4n) is 5.35. The van der Waals surface area contributed by atoms with Crippen LogP contribution in [0.2, 0.25) is 0 Å². The van der Waals surface area contributed by atoms with Gasteiger partial charge in [-0.25, -0.2) is 8.78 Å². The maximum Gasteiger partial charge on any atom is 0.229 e. The predicted octanol–water partition coefficient (Wildman–Crippen LogP) is 7.64. The van der Waals surface area contributed by atoms with Gasteiger partial charge in [0.25, 0.3) is 0 Å². The summed E-state index contributed by atoms with van der Waals surface area (Å²) in [7, 11) is 0. The number of benzene rings is 4. The highest BCUT2D eigenvalue weighted by Crippen LogP contribution is 2.20. The van der Waals surface area contributed by atoms with Gasteiger partial charge in [0.05, 0.1) is 18.6 Å². The fraction of sp³-hybridized carbons (Fsp3) is 0.238. The van der Waals surface area contributed by atoms with Gasteiger partial charge >= 0.3 is 0 Å². The van der Waals surface area contributed by atoms with E-state index in [0.29, 0.717) is 41.2 Å². The minimum Gasteiger partial charge on any atom is -0.409 e. The number of ether oxygens (including phenoxy) is 2. The van der Waals surface area contributed by atoms with Gasteiger partial charge in [-0.1, -0.05) is 46.1 Å². The van der Waals surface area contributed by atoms with Crippen LogP contribution in [0.15, 0.2) is 107 Å². The molecule has 0 radical (unpaired) electrons. The number of hydrogen-bond acceptors (Lipinski definition) is 8. The first kappa shape index (κ1) is 39.4. The van der Waals surface area contributed by atoms with Crippen LogP contribution in [-0.4, -0.2) is 51.8 Å². The number of halogens is 3. The molecule has 0 bridgehead atoms. The Morgan fingerprint density at radius 1 is 0.796 bits per heavy atom. The van der Waals surface area contributed by atoms with E-state index in [9.17, 15) is 13.6 Å². The van der Waals surface area contributed by atoms with Crippen molar-refractivity contribution in [1.29, 1.82) is 0 Å². The minimum absolute atomic E-state index is 0.0460. The summed E-state index contributed by atoms with van der Waals surface area (Å²) in [5.74, 6) is 12.4. The van der Waals surface area contributed by atoms with Gasteiger partial charge in [0.2, 0.25) is 17.0 Å². The van der Waals surface area contributed by atoms with E-state index in [2.05, 4.69) is 39.0 Å². The van der Waals surface area contributed by atoms with E-state index >= 15 is 0 Å². The summed E-state index contributed by atoms with van der Waals surface area (Å²) in [5, 5.41) is 15.2. The van der Waals surface area contributed by atoms with Gasteiger partial charge in [-0.05, 0) is 122 Å². The summed E-state index contributed by atoms with van der Waals surface area (Å²) in [6, 6.07) is 26.8. The van der Waals surface area contributed by atoms with Crippen molar-refractivity contribution < 1.29 is 32.8 Å². The minimum atomic E-state index is -0.311. The molecule has 3 N–H and O–H groups in total. The molecule has 2 aliphatic heterocycles. The number of carbonyl (C=O) groups is 1. The summed E-state index contributed by atoms with van der Waals surface area (Å²) < 4.78 is 42.2. The Balaban J connectivity index is 0.000000175. The lowest BCUT2D eigenvalue weighted by Gasteiger charge is -2.03. The van der Waals surface area contributed by atoms with E-state index in [1.54, 1.807) is 48.5 Å². The Morgan fingerprint density at radius 3 is 1.83 bits per heavy atom. The van der Waals surface area contributed by atoms with Crippen molar-refractivity contribution in [1.82, 2.24) is 10.1 Å². The second-order valence-electron chi connectivity index (χ2n) is 12.2. The molecular weight excluding hydrogens is 714 g/mol. The highest BCUT2D eigenvalue weighted by atomic mass is 35.5. The van der Waals surface area contributed by atoms with Gasteiger partial charge in [-0.3, -0.25) is 4.79 Å². The monoisotopic (exact) mass is 750 g/mol. The zero-order valence-corrected chi connectivity index (χ0v) is 29.9. The van der Waals surface area contributed by atoms with E-state index in [1.807, 2.05) is 24.3 Å². The molecule has 0 aliphatic carbocycles. The zero-order chi connectivity index (χ0) is 38.1. The van der Waals surface area contributed by atoms with Crippen molar-refractivity contribution in [3.63, 3.8) is 0 Å². The standard InChI is InChI=1S/C21H17FN2O2.C15H11FN2O.C6H9ClO2/c22-18-4-1-3-16(13-18)7-6-15-8-10-17(11-9-15)21-23-20(26-24-21)14-19-5-2-12-25-19;16-14-3-1-2-12(10-14)5-4-11-6-8-13(9-7-11)15(17)18-19;7-6(8)4-5-2-1-3-9-5/h1,3-4,8-11,13,19H,2,5,12,14H2;1-3,6-10,19H,(H2,17,18);5H,1-4H2. The van der Waals surface area contributed by atoms with Gasteiger partial charge < -0.3 is 24.9 Å². The first-order valence-electron chi connectivity index (χ1n) is 17.2. The van der Waals surface area contributed by atoms with Gasteiger partial charge in [0.1, 0.15) is 11.6 Å². The van der Waals surface area contributed by atoms with Crippen LogP contribution in [-0.2, 0) is 20.7 Å².